The van der Waals surface area contributed by atoms with Crippen LogP contribution in [0.5, 0.6) is 0 Å². The van der Waals surface area contributed by atoms with E-state index in [1.807, 2.05) is 6.92 Å². The van der Waals surface area contributed by atoms with Crippen LogP contribution in [0.3, 0.4) is 0 Å². The number of aryl methyl sites for hydroxylation is 1. The number of rotatable bonds is 3. The molecule has 1 unspecified atom stereocenters. The predicted octanol–water partition coefficient (Wildman–Crippen LogP) is 1.25. The van der Waals surface area contributed by atoms with Crippen LogP contribution in [0.1, 0.15) is 37.7 Å². The van der Waals surface area contributed by atoms with Gasteiger partial charge < -0.3 is 9.88 Å². The average molecular weight is 290 g/mol. The molecule has 1 aromatic heterocycles. The molecular formula is C16H26N4O. The number of nitrogens with one attached hydrogen (secondary N) is 1. The van der Waals surface area contributed by atoms with Crippen LogP contribution < -0.4 is 5.56 Å². The van der Waals surface area contributed by atoms with Crippen molar-refractivity contribution in [2.24, 2.45) is 5.41 Å². The van der Waals surface area contributed by atoms with Gasteiger partial charge in [0.1, 0.15) is 5.82 Å². The molecule has 2 aliphatic rings. The number of nitrogens with zero attached hydrogens (tertiary/aromatic N) is 3. The summed E-state index contributed by atoms with van der Waals surface area (Å²) in [4.78, 5) is 24.0. The minimum absolute atomic E-state index is 0.0249. The lowest BCUT2D eigenvalue weighted by molar-refractivity contribution is 0.111. The highest BCUT2D eigenvalue weighted by molar-refractivity contribution is 5.03. The number of piperidine rings is 1. The van der Waals surface area contributed by atoms with Gasteiger partial charge in [-0.3, -0.25) is 9.69 Å². The van der Waals surface area contributed by atoms with Gasteiger partial charge in [0, 0.05) is 24.8 Å². The van der Waals surface area contributed by atoms with Crippen LogP contribution >= 0.6 is 0 Å². The molecule has 5 heteroatoms. The number of H-pyrrole nitrogens is 1. The zero-order valence-electron chi connectivity index (χ0n) is 13.2. The Bertz CT molecular complexity index is 555. The first-order valence-corrected chi connectivity index (χ1v) is 8.09. The van der Waals surface area contributed by atoms with Crippen LogP contribution in [0.25, 0.3) is 0 Å². The number of hydrogen-bond acceptors (Lipinski definition) is 4. The summed E-state index contributed by atoms with van der Waals surface area (Å²) < 4.78 is 0. The topological polar surface area (TPSA) is 52.2 Å². The first kappa shape index (κ1) is 14.7. The lowest BCUT2D eigenvalue weighted by atomic mass is 9.79. The van der Waals surface area contributed by atoms with Crippen LogP contribution in [0.15, 0.2) is 10.9 Å². The molecule has 21 heavy (non-hydrogen) atoms. The van der Waals surface area contributed by atoms with Gasteiger partial charge in [-0.15, -0.1) is 0 Å². The number of hydrogen-bond donors (Lipinski definition) is 1. The van der Waals surface area contributed by atoms with Crippen molar-refractivity contribution in [3.05, 3.63) is 27.9 Å². The molecule has 1 atom stereocenters. The van der Waals surface area contributed by atoms with Gasteiger partial charge in [0.2, 0.25) is 0 Å². The summed E-state index contributed by atoms with van der Waals surface area (Å²) in [5, 5.41) is 0. The molecule has 0 aliphatic carbocycles. The maximum absolute atomic E-state index is 11.7. The predicted molar refractivity (Wildman–Crippen MR) is 83.3 cm³/mol. The van der Waals surface area contributed by atoms with Crippen molar-refractivity contribution in [2.45, 2.75) is 39.2 Å². The maximum Gasteiger partial charge on any atom is 0.251 e. The zero-order valence-corrected chi connectivity index (χ0v) is 13.2. The molecule has 0 bridgehead atoms. The highest BCUT2D eigenvalue weighted by Gasteiger charge is 2.40. The molecule has 0 amide bonds. The molecule has 3 rings (SSSR count). The largest absolute Gasteiger partial charge is 0.309 e. The second-order valence-electron chi connectivity index (χ2n) is 6.84. The molecule has 0 radical (unpaired) electrons. The second-order valence-corrected chi connectivity index (χ2v) is 6.84. The Morgan fingerprint density at radius 1 is 1.33 bits per heavy atom. The molecule has 2 fully saturated rings. The van der Waals surface area contributed by atoms with Crippen molar-refractivity contribution in [3.8, 4) is 0 Å². The summed E-state index contributed by atoms with van der Waals surface area (Å²) in [6, 6.07) is 1.60. The highest BCUT2D eigenvalue weighted by atomic mass is 16.1. The minimum atomic E-state index is -0.0249. The van der Waals surface area contributed by atoms with E-state index in [9.17, 15) is 4.79 Å². The Morgan fingerprint density at radius 3 is 2.95 bits per heavy atom. The van der Waals surface area contributed by atoms with Crippen molar-refractivity contribution in [2.75, 3.05) is 33.2 Å². The molecule has 1 spiro atoms. The van der Waals surface area contributed by atoms with Gasteiger partial charge in [-0.25, -0.2) is 4.98 Å². The average Bonchev–Trinajstić information content (AvgIpc) is 2.80. The fourth-order valence-corrected chi connectivity index (χ4v) is 3.98. The fraction of sp³-hybridized carbons (Fsp3) is 0.750. The smallest absolute Gasteiger partial charge is 0.251 e. The zero-order chi connectivity index (χ0) is 14.9. The Labute approximate surface area is 126 Å². The normalized spacial score (nSPS) is 27.5. The van der Waals surface area contributed by atoms with Gasteiger partial charge in [-0.2, -0.15) is 0 Å². The highest BCUT2D eigenvalue weighted by Crippen LogP contribution is 2.38. The number of likely N-dealkylation sites (tertiary alicyclic amines) is 2. The number of aromatic nitrogens is 2. The van der Waals surface area contributed by atoms with Crippen LogP contribution in [-0.4, -0.2) is 53.0 Å². The third-order valence-electron chi connectivity index (χ3n) is 4.95. The Kier molecular flexibility index (Phi) is 4.13. The SMILES string of the molecule is CCc1cc(=O)[nH]c(CN2CCC3(CCCN(C)C3)C2)n1. The lowest BCUT2D eigenvalue weighted by Gasteiger charge is -2.38. The summed E-state index contributed by atoms with van der Waals surface area (Å²) in [6.07, 6.45) is 4.73. The van der Waals surface area contributed by atoms with Crippen LogP contribution in [0.2, 0.25) is 0 Å². The summed E-state index contributed by atoms with van der Waals surface area (Å²) in [5.41, 5.74) is 1.33. The molecule has 116 valence electrons. The second kappa shape index (κ2) is 5.89. The molecule has 5 nitrogen and oxygen atoms in total. The van der Waals surface area contributed by atoms with Gasteiger partial charge in [-0.05, 0) is 51.2 Å². The molecule has 2 saturated heterocycles. The van der Waals surface area contributed by atoms with E-state index in [1.54, 1.807) is 6.07 Å². The van der Waals surface area contributed by atoms with Crippen molar-refractivity contribution in [1.82, 2.24) is 19.8 Å². The lowest BCUT2D eigenvalue weighted by Crippen LogP contribution is -2.42. The first-order chi connectivity index (χ1) is 10.1. The maximum atomic E-state index is 11.7. The van der Waals surface area contributed by atoms with E-state index in [2.05, 4.69) is 26.8 Å². The minimum Gasteiger partial charge on any atom is -0.309 e. The van der Waals surface area contributed by atoms with E-state index in [0.717, 1.165) is 37.6 Å². The first-order valence-electron chi connectivity index (χ1n) is 8.09. The van der Waals surface area contributed by atoms with Gasteiger partial charge in [0.15, 0.2) is 0 Å². The van der Waals surface area contributed by atoms with Crippen LogP contribution in [0, 0.1) is 5.41 Å². The quantitative estimate of drug-likeness (QED) is 0.910. The standard InChI is InChI=1S/C16H26N4O/c1-3-13-9-15(21)18-14(17-13)10-20-8-6-16(12-20)5-4-7-19(2)11-16/h9H,3-8,10-12H2,1-2H3,(H,17,18,21). The molecule has 0 aromatic carbocycles. The van der Waals surface area contributed by atoms with Crippen LogP contribution in [0.4, 0.5) is 0 Å². The molecule has 1 aromatic rings. The molecular weight excluding hydrogens is 264 g/mol. The van der Waals surface area contributed by atoms with Gasteiger partial charge in [0.25, 0.3) is 5.56 Å². The molecule has 0 saturated carbocycles. The van der Waals surface area contributed by atoms with Crippen molar-refractivity contribution >= 4 is 0 Å². The molecule has 3 heterocycles. The summed E-state index contributed by atoms with van der Waals surface area (Å²) >= 11 is 0. The Hall–Kier alpha value is -1.20. The monoisotopic (exact) mass is 290 g/mol. The van der Waals surface area contributed by atoms with E-state index in [4.69, 9.17) is 0 Å². The van der Waals surface area contributed by atoms with Gasteiger partial charge >= 0.3 is 0 Å². The Balaban J connectivity index is 1.67. The van der Waals surface area contributed by atoms with E-state index in [0.29, 0.717) is 5.41 Å². The van der Waals surface area contributed by atoms with Crippen molar-refractivity contribution < 1.29 is 0 Å². The van der Waals surface area contributed by atoms with E-state index >= 15 is 0 Å². The third-order valence-corrected chi connectivity index (χ3v) is 4.95. The van der Waals surface area contributed by atoms with Gasteiger partial charge in [0.05, 0.1) is 6.54 Å². The van der Waals surface area contributed by atoms with Crippen LogP contribution in [-0.2, 0) is 13.0 Å². The van der Waals surface area contributed by atoms with Crippen molar-refractivity contribution in [1.29, 1.82) is 0 Å². The van der Waals surface area contributed by atoms with E-state index < -0.39 is 0 Å². The van der Waals surface area contributed by atoms with Gasteiger partial charge in [-0.1, -0.05) is 6.92 Å². The molecule has 1 N–H and O–H groups in total. The number of aromatic amines is 1. The van der Waals surface area contributed by atoms with E-state index in [-0.39, 0.29) is 5.56 Å². The fourth-order valence-electron chi connectivity index (χ4n) is 3.98. The third kappa shape index (κ3) is 3.35. The molecule has 2 aliphatic heterocycles. The summed E-state index contributed by atoms with van der Waals surface area (Å²) in [7, 11) is 2.23. The van der Waals surface area contributed by atoms with E-state index in [1.165, 1.54) is 32.4 Å². The summed E-state index contributed by atoms with van der Waals surface area (Å²) in [6.45, 7) is 7.51. The Morgan fingerprint density at radius 2 is 2.19 bits per heavy atom. The van der Waals surface area contributed by atoms with Crippen molar-refractivity contribution in [3.63, 3.8) is 0 Å². The summed E-state index contributed by atoms with van der Waals surface area (Å²) in [5.74, 6) is 0.820.